The van der Waals surface area contributed by atoms with Gasteiger partial charge in [0, 0.05) is 12.8 Å². The maximum absolute atomic E-state index is 12.4. The Kier molecular flexibility index (Phi) is 42.6. The molecule has 0 rings (SSSR count). The molecule has 0 spiro atoms. The summed E-state index contributed by atoms with van der Waals surface area (Å²) in [5.74, 6) is -0.975. The molecule has 2 N–H and O–H groups in total. The average molecular weight is 835 g/mol. The van der Waals surface area contributed by atoms with Gasteiger partial charge in [0.2, 0.25) is 0 Å². The monoisotopic (exact) mass is 835 g/mol. The smallest absolute Gasteiger partial charge is 0.462 e. The van der Waals surface area contributed by atoms with Crippen LogP contribution in [0, 0.1) is 0 Å². The topological polar surface area (TPSA) is 119 Å². The molecule has 58 heavy (non-hydrogen) atoms. The van der Waals surface area contributed by atoms with Crippen molar-refractivity contribution in [2.75, 3.05) is 13.2 Å². The number of carbonyl (C=O) groups excluding carboxylic acids is 2. The van der Waals surface area contributed by atoms with E-state index in [0.717, 1.165) is 38.5 Å². The molecule has 0 radical (unpaired) electrons. The van der Waals surface area contributed by atoms with Crippen molar-refractivity contribution in [3.8, 4) is 0 Å². The Morgan fingerprint density at radius 1 is 0.448 bits per heavy atom. The van der Waals surface area contributed by atoms with E-state index in [1.807, 2.05) is 12.2 Å². The van der Waals surface area contributed by atoms with Crippen LogP contribution in [0.5, 0.6) is 0 Å². The van der Waals surface area contributed by atoms with Crippen molar-refractivity contribution < 1.29 is 37.9 Å². The number of phosphoric ester groups is 1. The van der Waals surface area contributed by atoms with Gasteiger partial charge < -0.3 is 19.3 Å². The number of unbranched alkanes of at least 4 members (excludes halogenated alkanes) is 23. The Morgan fingerprint density at radius 2 is 0.810 bits per heavy atom. The first-order valence-corrected chi connectivity index (χ1v) is 25.1. The summed E-state index contributed by atoms with van der Waals surface area (Å²) in [5, 5.41) is 0. The van der Waals surface area contributed by atoms with Crippen molar-refractivity contribution >= 4 is 19.8 Å². The molecule has 0 aliphatic heterocycles. The van der Waals surface area contributed by atoms with E-state index in [9.17, 15) is 14.2 Å². The zero-order valence-electron chi connectivity index (χ0n) is 37.2. The van der Waals surface area contributed by atoms with Crippen LogP contribution in [-0.2, 0) is 28.2 Å². The molecule has 336 valence electrons. The Morgan fingerprint density at radius 3 is 1.22 bits per heavy atom. The van der Waals surface area contributed by atoms with Gasteiger partial charge in [0.15, 0.2) is 6.10 Å². The standard InChI is InChI=1S/C49H87O8P/c1-3-5-7-9-11-13-15-17-19-21-23-24-26-27-29-31-33-35-37-39-41-43-48(50)55-45-47(46-56-58(52,53)54)57-49(51)44-42-40-38-36-34-32-30-28-25-22-20-18-16-14-12-10-8-6-4-2/h12,14,18,20,25,28,32,34,38,40,47H,3-11,13,15-17,19,21-24,26-27,29-31,33,35-37,39,41-46H2,1-2H3,(H2,52,53,54)/b14-12+,20-18+,28-25+,34-32+,40-38+/t47-/m1/s1. The molecule has 0 bridgehead atoms. The number of ether oxygens (including phenoxy) is 2. The van der Waals surface area contributed by atoms with E-state index in [1.165, 1.54) is 141 Å². The first-order valence-electron chi connectivity index (χ1n) is 23.6. The molecule has 0 amide bonds. The fourth-order valence-corrected chi connectivity index (χ4v) is 6.89. The quantitative estimate of drug-likeness (QED) is 0.0270. The van der Waals surface area contributed by atoms with Crippen molar-refractivity contribution in [1.29, 1.82) is 0 Å². The van der Waals surface area contributed by atoms with Gasteiger partial charge in [0.1, 0.15) is 6.61 Å². The molecule has 8 nitrogen and oxygen atoms in total. The summed E-state index contributed by atoms with van der Waals surface area (Å²) in [6.07, 6.45) is 56.8. The second-order valence-electron chi connectivity index (χ2n) is 15.7. The Labute approximate surface area is 356 Å². The summed E-state index contributed by atoms with van der Waals surface area (Å²) < 4.78 is 26.4. The molecule has 9 heteroatoms. The Balaban J connectivity index is 3.95. The first-order chi connectivity index (χ1) is 28.3. The molecule has 0 aromatic carbocycles. The van der Waals surface area contributed by atoms with Crippen LogP contribution < -0.4 is 0 Å². The minimum absolute atomic E-state index is 0.0882. The highest BCUT2D eigenvalue weighted by Gasteiger charge is 2.22. The van der Waals surface area contributed by atoms with E-state index in [4.69, 9.17) is 19.3 Å². The molecule has 0 aliphatic carbocycles. The second-order valence-corrected chi connectivity index (χ2v) is 17.0. The van der Waals surface area contributed by atoms with Crippen LogP contribution in [0.3, 0.4) is 0 Å². The third-order valence-corrected chi connectivity index (χ3v) is 10.5. The summed E-state index contributed by atoms with van der Waals surface area (Å²) in [7, 11) is -4.78. The molecule has 0 aromatic heterocycles. The highest BCUT2D eigenvalue weighted by molar-refractivity contribution is 7.46. The zero-order chi connectivity index (χ0) is 42.5. The minimum Gasteiger partial charge on any atom is -0.462 e. The number of allylic oxidation sites excluding steroid dienone is 10. The molecular formula is C49H87O8P. The van der Waals surface area contributed by atoms with Gasteiger partial charge in [-0.25, -0.2) is 4.57 Å². The van der Waals surface area contributed by atoms with Crippen molar-refractivity contribution in [2.24, 2.45) is 0 Å². The lowest BCUT2D eigenvalue weighted by atomic mass is 10.0. The SMILES string of the molecule is CCCCC/C=C/C/C=C/C/C=C/C/C=C/C/C=C/CCC(=O)O[C@H](COC(=O)CCCCCCCCCCCCCCCCCCCCCCC)COP(=O)(O)O. The van der Waals surface area contributed by atoms with Gasteiger partial charge in [-0.3, -0.25) is 14.1 Å². The number of hydrogen-bond acceptors (Lipinski definition) is 6. The predicted molar refractivity (Wildman–Crippen MR) is 244 cm³/mol. The number of hydrogen-bond donors (Lipinski definition) is 2. The summed E-state index contributed by atoms with van der Waals surface area (Å²) in [5.41, 5.74) is 0. The number of phosphoric acid groups is 1. The highest BCUT2D eigenvalue weighted by Crippen LogP contribution is 2.36. The van der Waals surface area contributed by atoms with E-state index in [1.54, 1.807) is 0 Å². The molecule has 1 atom stereocenters. The van der Waals surface area contributed by atoms with E-state index in [0.29, 0.717) is 12.8 Å². The molecule has 0 unspecified atom stereocenters. The van der Waals surface area contributed by atoms with Crippen LogP contribution in [0.15, 0.2) is 60.8 Å². The van der Waals surface area contributed by atoms with Crippen LogP contribution in [0.1, 0.15) is 219 Å². The molecule has 0 aromatic rings. The predicted octanol–water partition coefficient (Wildman–Crippen LogP) is 14.9. The lowest BCUT2D eigenvalue weighted by Crippen LogP contribution is -2.29. The second kappa shape index (κ2) is 44.3. The Hall–Kier alpha value is -2.25. The zero-order valence-corrected chi connectivity index (χ0v) is 38.1. The maximum atomic E-state index is 12.4. The largest absolute Gasteiger partial charge is 0.469 e. The van der Waals surface area contributed by atoms with E-state index in [2.05, 4.69) is 67.0 Å². The normalized spacial score (nSPS) is 13.0. The van der Waals surface area contributed by atoms with Gasteiger partial charge in [-0.2, -0.15) is 0 Å². The van der Waals surface area contributed by atoms with Crippen LogP contribution in [0.4, 0.5) is 0 Å². The van der Waals surface area contributed by atoms with E-state index in [-0.39, 0.29) is 19.4 Å². The van der Waals surface area contributed by atoms with Gasteiger partial charge in [-0.1, -0.05) is 216 Å². The van der Waals surface area contributed by atoms with Gasteiger partial charge in [0.25, 0.3) is 0 Å². The van der Waals surface area contributed by atoms with Crippen molar-refractivity contribution in [2.45, 2.75) is 225 Å². The molecule has 0 heterocycles. The summed E-state index contributed by atoms with van der Waals surface area (Å²) >= 11 is 0. The van der Waals surface area contributed by atoms with Crippen molar-refractivity contribution in [1.82, 2.24) is 0 Å². The fourth-order valence-electron chi connectivity index (χ4n) is 6.53. The maximum Gasteiger partial charge on any atom is 0.469 e. The van der Waals surface area contributed by atoms with Crippen LogP contribution in [-0.4, -0.2) is 41.0 Å². The van der Waals surface area contributed by atoms with Crippen LogP contribution in [0.2, 0.25) is 0 Å². The van der Waals surface area contributed by atoms with Gasteiger partial charge in [0.05, 0.1) is 6.61 Å². The molecule has 0 aliphatic rings. The summed E-state index contributed by atoms with van der Waals surface area (Å²) in [6, 6.07) is 0. The third-order valence-electron chi connectivity index (χ3n) is 10.1. The third kappa shape index (κ3) is 46.4. The highest BCUT2D eigenvalue weighted by atomic mass is 31.2. The minimum atomic E-state index is -4.78. The average Bonchev–Trinajstić information content (AvgIpc) is 3.20. The Bertz CT molecular complexity index is 1120. The van der Waals surface area contributed by atoms with Gasteiger partial charge >= 0.3 is 19.8 Å². The van der Waals surface area contributed by atoms with E-state index < -0.39 is 32.5 Å². The fraction of sp³-hybridized carbons (Fsp3) is 0.755. The van der Waals surface area contributed by atoms with Gasteiger partial charge in [-0.05, 0) is 51.4 Å². The lowest BCUT2D eigenvalue weighted by Gasteiger charge is -2.18. The van der Waals surface area contributed by atoms with Gasteiger partial charge in [-0.15, -0.1) is 0 Å². The summed E-state index contributed by atoms with van der Waals surface area (Å²) in [6.45, 7) is 3.62. The number of esters is 2. The van der Waals surface area contributed by atoms with E-state index >= 15 is 0 Å². The summed E-state index contributed by atoms with van der Waals surface area (Å²) in [4.78, 5) is 42.9. The number of rotatable bonds is 43. The lowest BCUT2D eigenvalue weighted by molar-refractivity contribution is -0.161. The molecular weight excluding hydrogens is 748 g/mol. The molecule has 0 saturated carbocycles. The van der Waals surface area contributed by atoms with Crippen LogP contribution >= 0.6 is 7.82 Å². The molecule has 0 fully saturated rings. The first kappa shape index (κ1) is 55.8. The number of carbonyl (C=O) groups is 2. The van der Waals surface area contributed by atoms with Crippen molar-refractivity contribution in [3.63, 3.8) is 0 Å². The molecule has 0 saturated heterocycles. The van der Waals surface area contributed by atoms with Crippen LogP contribution in [0.25, 0.3) is 0 Å². The van der Waals surface area contributed by atoms with Crippen molar-refractivity contribution in [3.05, 3.63) is 60.8 Å².